The number of methoxy groups -OCH3 is 1. The standard InChI is InChI=1S/C14H20O.C3H9NOS/c1-14(2,3)11-5-6-12-7-9-13(15-4)10-8-12;4-2-1-3-6-5/h5,7-11H,6H2,1-4H3;5H,1-4H2/b11-5+;. The van der Waals surface area contributed by atoms with E-state index >= 15 is 0 Å². The normalized spacial score (nSPS) is 11.1. The fourth-order valence-electron chi connectivity index (χ4n) is 1.46. The topological polar surface area (TPSA) is 55.5 Å². The van der Waals surface area contributed by atoms with Crippen LogP contribution in [0.3, 0.4) is 0 Å². The molecule has 0 saturated carbocycles. The smallest absolute Gasteiger partial charge is 0.118 e. The number of hydrogen-bond acceptors (Lipinski definition) is 4. The highest BCUT2D eigenvalue weighted by Gasteiger charge is 2.02. The lowest BCUT2D eigenvalue weighted by Crippen LogP contribution is -1.98. The minimum absolute atomic E-state index is 0.270. The first-order chi connectivity index (χ1) is 9.92. The van der Waals surface area contributed by atoms with Crippen LogP contribution in [0.4, 0.5) is 0 Å². The molecule has 1 aromatic rings. The molecule has 120 valence electrons. The summed E-state index contributed by atoms with van der Waals surface area (Å²) in [5.41, 5.74) is 6.68. The predicted octanol–water partition coefficient (Wildman–Crippen LogP) is 4.38. The Kier molecular flexibility index (Phi) is 11.1. The summed E-state index contributed by atoms with van der Waals surface area (Å²) in [6.45, 7) is 7.29. The van der Waals surface area contributed by atoms with Crippen LogP contribution in [-0.4, -0.2) is 24.0 Å². The lowest BCUT2D eigenvalue weighted by molar-refractivity contribution is 0.414. The van der Waals surface area contributed by atoms with Crippen molar-refractivity contribution in [2.45, 2.75) is 33.6 Å². The molecule has 0 fully saturated rings. The zero-order valence-electron chi connectivity index (χ0n) is 13.6. The highest BCUT2D eigenvalue weighted by Crippen LogP contribution is 2.16. The van der Waals surface area contributed by atoms with Crippen molar-refractivity contribution in [1.82, 2.24) is 0 Å². The van der Waals surface area contributed by atoms with Gasteiger partial charge in [0.15, 0.2) is 0 Å². The van der Waals surface area contributed by atoms with E-state index in [-0.39, 0.29) is 5.41 Å². The molecular weight excluding hydrogens is 282 g/mol. The second kappa shape index (κ2) is 11.7. The lowest BCUT2D eigenvalue weighted by atomic mass is 9.95. The van der Waals surface area contributed by atoms with Crippen LogP contribution in [0.2, 0.25) is 0 Å². The van der Waals surface area contributed by atoms with E-state index in [0.29, 0.717) is 6.54 Å². The Hall–Kier alpha value is -0.970. The summed E-state index contributed by atoms with van der Waals surface area (Å²) in [7, 11) is 1.69. The van der Waals surface area contributed by atoms with E-state index in [1.165, 1.54) is 5.56 Å². The number of nitrogens with two attached hydrogens (primary N) is 1. The average molecular weight is 311 g/mol. The molecule has 0 aliphatic carbocycles. The first-order valence-electron chi connectivity index (χ1n) is 7.20. The van der Waals surface area contributed by atoms with Crippen molar-refractivity contribution in [3.05, 3.63) is 42.0 Å². The highest BCUT2D eigenvalue weighted by molar-refractivity contribution is 7.93. The third-order valence-corrected chi connectivity index (χ3v) is 3.04. The van der Waals surface area contributed by atoms with Gasteiger partial charge in [-0.1, -0.05) is 45.1 Å². The van der Waals surface area contributed by atoms with E-state index in [1.807, 2.05) is 12.1 Å². The molecule has 0 saturated heterocycles. The van der Waals surface area contributed by atoms with E-state index in [1.54, 1.807) is 7.11 Å². The number of allylic oxidation sites excluding steroid dienone is 2. The van der Waals surface area contributed by atoms with Gasteiger partial charge in [-0.2, -0.15) is 0 Å². The number of ether oxygens (including phenoxy) is 1. The van der Waals surface area contributed by atoms with Gasteiger partial charge in [-0.15, -0.1) is 0 Å². The molecule has 0 aromatic heterocycles. The van der Waals surface area contributed by atoms with Gasteiger partial charge in [-0.05, 0) is 54.5 Å². The predicted molar refractivity (Wildman–Crippen MR) is 94.1 cm³/mol. The molecule has 0 amide bonds. The van der Waals surface area contributed by atoms with E-state index in [4.69, 9.17) is 15.0 Å². The minimum atomic E-state index is 0.270. The maximum atomic E-state index is 8.06. The zero-order valence-corrected chi connectivity index (χ0v) is 14.5. The molecule has 21 heavy (non-hydrogen) atoms. The second-order valence-corrected chi connectivity index (χ2v) is 6.46. The maximum absolute atomic E-state index is 8.06. The Morgan fingerprint density at radius 3 is 2.24 bits per heavy atom. The van der Waals surface area contributed by atoms with E-state index in [2.05, 4.69) is 45.1 Å². The highest BCUT2D eigenvalue weighted by atomic mass is 32.2. The van der Waals surface area contributed by atoms with Crippen LogP contribution in [0.1, 0.15) is 32.8 Å². The van der Waals surface area contributed by atoms with Gasteiger partial charge >= 0.3 is 0 Å². The van der Waals surface area contributed by atoms with Crippen LogP contribution in [0, 0.1) is 5.41 Å². The summed E-state index contributed by atoms with van der Waals surface area (Å²) in [6.07, 6.45) is 6.36. The minimum Gasteiger partial charge on any atom is -0.497 e. The van der Waals surface area contributed by atoms with Gasteiger partial charge in [-0.25, -0.2) is 0 Å². The summed E-state index contributed by atoms with van der Waals surface area (Å²) in [6, 6.07) is 8.21. The summed E-state index contributed by atoms with van der Waals surface area (Å²) in [4.78, 5) is 0. The third-order valence-electron chi connectivity index (χ3n) is 2.57. The molecule has 0 aliphatic rings. The molecular formula is C17H29NO2S. The van der Waals surface area contributed by atoms with E-state index in [9.17, 15) is 0 Å². The van der Waals surface area contributed by atoms with Crippen LogP contribution in [0.15, 0.2) is 36.4 Å². The van der Waals surface area contributed by atoms with Gasteiger partial charge in [0, 0.05) is 5.75 Å². The van der Waals surface area contributed by atoms with Crippen LogP contribution in [0.5, 0.6) is 5.75 Å². The van der Waals surface area contributed by atoms with Crippen molar-refractivity contribution in [3.8, 4) is 5.75 Å². The molecule has 3 nitrogen and oxygen atoms in total. The largest absolute Gasteiger partial charge is 0.497 e. The Morgan fingerprint density at radius 1 is 1.24 bits per heavy atom. The van der Waals surface area contributed by atoms with Gasteiger partial charge in [0.2, 0.25) is 0 Å². The molecule has 3 N–H and O–H groups in total. The lowest BCUT2D eigenvalue weighted by Gasteiger charge is -2.10. The summed E-state index contributed by atoms with van der Waals surface area (Å²) in [5.74, 6) is 1.68. The van der Waals surface area contributed by atoms with Crippen molar-refractivity contribution >= 4 is 12.0 Å². The van der Waals surface area contributed by atoms with Crippen LogP contribution in [0.25, 0.3) is 0 Å². The maximum Gasteiger partial charge on any atom is 0.118 e. The van der Waals surface area contributed by atoms with E-state index in [0.717, 1.165) is 36.4 Å². The van der Waals surface area contributed by atoms with Crippen molar-refractivity contribution < 1.29 is 9.29 Å². The van der Waals surface area contributed by atoms with Gasteiger partial charge in [-0.3, -0.25) is 0 Å². The fraction of sp³-hybridized carbons (Fsp3) is 0.529. The number of rotatable bonds is 6. The van der Waals surface area contributed by atoms with Crippen molar-refractivity contribution in [1.29, 1.82) is 0 Å². The number of hydrogen-bond donors (Lipinski definition) is 2. The van der Waals surface area contributed by atoms with E-state index < -0.39 is 0 Å². The summed E-state index contributed by atoms with van der Waals surface area (Å²) in [5, 5.41) is 0. The van der Waals surface area contributed by atoms with Gasteiger partial charge in [0.1, 0.15) is 5.75 Å². The molecule has 0 bridgehead atoms. The molecule has 1 rings (SSSR count). The molecule has 4 heteroatoms. The Morgan fingerprint density at radius 2 is 1.86 bits per heavy atom. The van der Waals surface area contributed by atoms with Gasteiger partial charge in [0.25, 0.3) is 0 Å². The fourth-order valence-corrected chi connectivity index (χ4v) is 1.75. The first-order valence-corrected chi connectivity index (χ1v) is 8.14. The summed E-state index contributed by atoms with van der Waals surface area (Å²) < 4.78 is 13.2. The van der Waals surface area contributed by atoms with Crippen LogP contribution >= 0.6 is 12.0 Å². The zero-order chi connectivity index (χ0) is 16.1. The van der Waals surface area contributed by atoms with Crippen LogP contribution in [-0.2, 0) is 6.42 Å². The quantitative estimate of drug-likeness (QED) is 0.465. The Labute approximate surface area is 133 Å². The van der Waals surface area contributed by atoms with Crippen molar-refractivity contribution in [3.63, 3.8) is 0 Å². The molecule has 0 heterocycles. The third kappa shape index (κ3) is 12.5. The molecule has 0 unspecified atom stereocenters. The van der Waals surface area contributed by atoms with Crippen LogP contribution < -0.4 is 10.5 Å². The molecule has 0 spiro atoms. The molecule has 1 aromatic carbocycles. The average Bonchev–Trinajstić information content (AvgIpc) is 2.45. The number of benzene rings is 1. The van der Waals surface area contributed by atoms with Gasteiger partial charge in [0.05, 0.1) is 7.11 Å². The van der Waals surface area contributed by atoms with Crippen molar-refractivity contribution in [2.75, 3.05) is 19.4 Å². The summed E-state index contributed by atoms with van der Waals surface area (Å²) >= 11 is 0.846. The molecule has 0 radical (unpaired) electrons. The monoisotopic (exact) mass is 311 g/mol. The Bertz CT molecular complexity index is 379. The first kappa shape index (κ1) is 20.0. The molecule has 0 aliphatic heterocycles. The second-order valence-electron chi connectivity index (χ2n) is 5.80. The van der Waals surface area contributed by atoms with Gasteiger partial charge < -0.3 is 15.0 Å². The molecule has 0 atom stereocenters. The SMILES string of the molecule is COc1ccc(C/C=C/C(C)(C)C)cc1.NCCCSO. The van der Waals surface area contributed by atoms with Crippen molar-refractivity contribution in [2.24, 2.45) is 11.1 Å². The Balaban J connectivity index is 0.000000567.